The lowest BCUT2D eigenvalue weighted by atomic mass is 9.83. The Morgan fingerprint density at radius 2 is 2.12 bits per heavy atom. The maximum atomic E-state index is 12.6. The van der Waals surface area contributed by atoms with Crippen molar-refractivity contribution in [2.75, 3.05) is 26.2 Å². The summed E-state index contributed by atoms with van der Waals surface area (Å²) in [6.45, 7) is 8.78. The van der Waals surface area contributed by atoms with Gasteiger partial charge in [0.15, 0.2) is 0 Å². The quantitative estimate of drug-likeness (QED) is 0.829. The number of amides is 1. The molecule has 0 aliphatic carbocycles. The number of carbonyl (C=O) groups excluding carboxylic acids is 1. The predicted molar refractivity (Wildman–Crippen MR) is 98.0 cm³/mol. The van der Waals surface area contributed by atoms with Crippen molar-refractivity contribution in [3.05, 3.63) is 35.4 Å². The third-order valence-corrected chi connectivity index (χ3v) is 5.12. The summed E-state index contributed by atoms with van der Waals surface area (Å²) in [5, 5.41) is 22.1. The van der Waals surface area contributed by atoms with Gasteiger partial charge in [0.1, 0.15) is 0 Å². The van der Waals surface area contributed by atoms with Crippen molar-refractivity contribution in [1.29, 1.82) is 5.26 Å². The molecule has 0 spiro atoms. The topological polar surface area (TPSA) is 76.4 Å². The van der Waals surface area contributed by atoms with Gasteiger partial charge >= 0.3 is 0 Å². The molecule has 0 saturated carbocycles. The Morgan fingerprint density at radius 3 is 2.76 bits per heavy atom. The monoisotopic (exact) mass is 343 g/mol. The number of nitriles is 1. The zero-order valence-electron chi connectivity index (χ0n) is 15.5. The Balaban J connectivity index is 1.86. The van der Waals surface area contributed by atoms with Gasteiger partial charge in [0.05, 0.1) is 23.2 Å². The van der Waals surface area contributed by atoms with E-state index in [2.05, 4.69) is 23.2 Å². The molecule has 1 aliphatic rings. The Hall–Kier alpha value is -1.90. The molecule has 2 N–H and O–H groups in total. The van der Waals surface area contributed by atoms with E-state index in [0.717, 1.165) is 24.6 Å². The normalized spacial score (nSPS) is 17.7. The zero-order chi connectivity index (χ0) is 18.4. The molecule has 25 heavy (non-hydrogen) atoms. The molecule has 1 amide bonds. The number of nitrogens with zero attached hydrogens (tertiary/aromatic N) is 2. The van der Waals surface area contributed by atoms with Crippen LogP contribution in [0.25, 0.3) is 0 Å². The van der Waals surface area contributed by atoms with Gasteiger partial charge in [-0.25, -0.2) is 0 Å². The molecular weight excluding hydrogens is 314 g/mol. The van der Waals surface area contributed by atoms with Crippen molar-refractivity contribution in [2.24, 2.45) is 5.92 Å². The van der Waals surface area contributed by atoms with E-state index in [-0.39, 0.29) is 12.5 Å². The summed E-state index contributed by atoms with van der Waals surface area (Å²) in [5.41, 5.74) is 0.578. The van der Waals surface area contributed by atoms with Crippen LogP contribution in [0, 0.1) is 17.2 Å². The number of aliphatic hydroxyl groups excluding tert-OH is 1. The number of likely N-dealkylation sites (tertiary alicyclic amines) is 1. The first-order chi connectivity index (χ1) is 11.8. The number of benzene rings is 1. The summed E-state index contributed by atoms with van der Waals surface area (Å²) in [5.74, 6) is 0.618. The summed E-state index contributed by atoms with van der Waals surface area (Å²) in [6.07, 6.45) is 1.77. The number of aliphatic hydroxyl groups is 1. The smallest absolute Gasteiger partial charge is 0.230 e. The number of carbonyl (C=O) groups is 1. The first-order valence-corrected chi connectivity index (χ1v) is 9.02. The fraction of sp³-hybridized carbons (Fsp3) is 0.600. The summed E-state index contributed by atoms with van der Waals surface area (Å²) >= 11 is 0. The Bertz CT molecular complexity index is 628. The molecule has 1 unspecified atom stereocenters. The second-order valence-electron chi connectivity index (χ2n) is 7.66. The van der Waals surface area contributed by atoms with Crippen LogP contribution in [0.1, 0.15) is 44.7 Å². The Labute approximate surface area is 150 Å². The van der Waals surface area contributed by atoms with Gasteiger partial charge in [0.2, 0.25) is 5.91 Å². The first-order valence-electron chi connectivity index (χ1n) is 9.02. The van der Waals surface area contributed by atoms with Crippen molar-refractivity contribution in [3.63, 3.8) is 0 Å². The zero-order valence-corrected chi connectivity index (χ0v) is 15.5. The number of piperidine rings is 1. The minimum Gasteiger partial charge on any atom is -0.390 e. The van der Waals surface area contributed by atoms with Crippen LogP contribution in [0.2, 0.25) is 0 Å². The second-order valence-corrected chi connectivity index (χ2v) is 7.66. The summed E-state index contributed by atoms with van der Waals surface area (Å²) in [6, 6.07) is 9.20. The first kappa shape index (κ1) is 19.4. The van der Waals surface area contributed by atoms with Gasteiger partial charge in [0.25, 0.3) is 0 Å². The van der Waals surface area contributed by atoms with Crippen LogP contribution in [0.5, 0.6) is 0 Å². The van der Waals surface area contributed by atoms with Crippen LogP contribution in [0.4, 0.5) is 0 Å². The second kappa shape index (κ2) is 8.46. The summed E-state index contributed by atoms with van der Waals surface area (Å²) in [7, 11) is 0. The number of hydrogen-bond donors (Lipinski definition) is 2. The molecule has 1 aromatic carbocycles. The van der Waals surface area contributed by atoms with E-state index < -0.39 is 11.5 Å². The molecule has 0 aromatic heterocycles. The molecule has 1 atom stereocenters. The molecule has 1 saturated heterocycles. The van der Waals surface area contributed by atoms with Gasteiger partial charge in [-0.1, -0.05) is 19.1 Å². The molecule has 136 valence electrons. The van der Waals surface area contributed by atoms with Crippen LogP contribution >= 0.6 is 0 Å². The molecular formula is C20H29N3O2. The lowest BCUT2D eigenvalue weighted by Gasteiger charge is -2.32. The van der Waals surface area contributed by atoms with E-state index in [4.69, 9.17) is 5.26 Å². The standard InChI is InChI=1S/C20H29N3O2/c1-15-7-9-23(10-8-15)14-18(24)13-22-19(25)20(2,3)17-6-4-5-16(11-17)12-21/h4-6,11,15,18,24H,7-10,13-14H2,1-3H3,(H,22,25). The van der Waals surface area contributed by atoms with Gasteiger partial charge in [-0.05, 0) is 63.4 Å². The van der Waals surface area contributed by atoms with Crippen LogP contribution in [-0.2, 0) is 10.2 Å². The fourth-order valence-corrected chi connectivity index (χ4v) is 3.15. The minimum absolute atomic E-state index is 0.145. The number of β-amino-alcohol motifs (C(OH)–C–C–N with tert-alkyl or cyclic N) is 1. The van der Waals surface area contributed by atoms with Crippen molar-refractivity contribution in [1.82, 2.24) is 10.2 Å². The largest absolute Gasteiger partial charge is 0.390 e. The van der Waals surface area contributed by atoms with Crippen LogP contribution < -0.4 is 5.32 Å². The van der Waals surface area contributed by atoms with Gasteiger partial charge in [-0.15, -0.1) is 0 Å². The summed E-state index contributed by atoms with van der Waals surface area (Å²) < 4.78 is 0. The molecule has 5 heteroatoms. The highest BCUT2D eigenvalue weighted by Gasteiger charge is 2.30. The molecule has 1 aromatic rings. The molecule has 2 rings (SSSR count). The Kier molecular flexibility index (Phi) is 6.57. The average molecular weight is 343 g/mol. The molecule has 0 bridgehead atoms. The Morgan fingerprint density at radius 1 is 1.44 bits per heavy atom. The average Bonchev–Trinajstić information content (AvgIpc) is 2.61. The maximum absolute atomic E-state index is 12.6. The van der Waals surface area contributed by atoms with Crippen LogP contribution in [-0.4, -0.2) is 48.2 Å². The van der Waals surface area contributed by atoms with E-state index in [9.17, 15) is 9.90 Å². The van der Waals surface area contributed by atoms with E-state index in [1.807, 2.05) is 19.9 Å². The number of rotatable bonds is 6. The molecule has 1 aliphatic heterocycles. The number of nitrogens with one attached hydrogen (secondary N) is 1. The minimum atomic E-state index is -0.757. The highest BCUT2D eigenvalue weighted by atomic mass is 16.3. The van der Waals surface area contributed by atoms with Gasteiger partial charge in [-0.3, -0.25) is 4.79 Å². The van der Waals surface area contributed by atoms with Gasteiger partial charge in [0, 0.05) is 13.1 Å². The van der Waals surface area contributed by atoms with Crippen LogP contribution in [0.15, 0.2) is 24.3 Å². The third kappa shape index (κ3) is 5.29. The van der Waals surface area contributed by atoms with Crippen molar-refractivity contribution < 1.29 is 9.90 Å². The molecule has 1 heterocycles. The van der Waals surface area contributed by atoms with Gasteiger partial charge < -0.3 is 15.3 Å². The van der Waals surface area contributed by atoms with Crippen LogP contribution in [0.3, 0.4) is 0 Å². The van der Waals surface area contributed by atoms with E-state index >= 15 is 0 Å². The molecule has 0 radical (unpaired) electrons. The van der Waals surface area contributed by atoms with E-state index in [1.165, 1.54) is 12.8 Å². The third-order valence-electron chi connectivity index (χ3n) is 5.12. The van der Waals surface area contributed by atoms with Crippen molar-refractivity contribution >= 4 is 5.91 Å². The van der Waals surface area contributed by atoms with Crippen molar-refractivity contribution in [3.8, 4) is 6.07 Å². The van der Waals surface area contributed by atoms with E-state index in [1.54, 1.807) is 18.2 Å². The van der Waals surface area contributed by atoms with Crippen molar-refractivity contribution in [2.45, 2.75) is 45.1 Å². The lowest BCUT2D eigenvalue weighted by Crippen LogP contribution is -2.46. The number of hydrogen-bond acceptors (Lipinski definition) is 4. The summed E-state index contributed by atoms with van der Waals surface area (Å²) in [4.78, 5) is 14.8. The van der Waals surface area contributed by atoms with E-state index in [0.29, 0.717) is 12.1 Å². The highest BCUT2D eigenvalue weighted by molar-refractivity contribution is 5.87. The molecule has 1 fully saturated rings. The lowest BCUT2D eigenvalue weighted by molar-refractivity contribution is -0.126. The maximum Gasteiger partial charge on any atom is 0.230 e. The van der Waals surface area contributed by atoms with Gasteiger partial charge in [-0.2, -0.15) is 5.26 Å². The highest BCUT2D eigenvalue weighted by Crippen LogP contribution is 2.24. The predicted octanol–water partition coefficient (Wildman–Crippen LogP) is 2.04. The SMILES string of the molecule is CC1CCN(CC(O)CNC(=O)C(C)(C)c2cccc(C#N)c2)CC1. The fourth-order valence-electron chi connectivity index (χ4n) is 3.15. The molecule has 5 nitrogen and oxygen atoms in total.